The van der Waals surface area contributed by atoms with E-state index in [9.17, 15) is 4.79 Å². The molecule has 1 amide bonds. The number of imidazole rings is 1. The van der Waals surface area contributed by atoms with E-state index in [1.165, 1.54) is 6.26 Å². The number of nitrogens with one attached hydrogen (secondary N) is 1. The van der Waals surface area contributed by atoms with Crippen molar-refractivity contribution in [3.63, 3.8) is 0 Å². The predicted molar refractivity (Wildman–Crippen MR) is 84.8 cm³/mol. The SMILES string of the molecule is CC(CNC(=O)c1coc(CN)c1)Cn1ccnc1.Cl.Cl. The molecule has 2 aromatic heterocycles. The Labute approximate surface area is 135 Å². The summed E-state index contributed by atoms with van der Waals surface area (Å²) in [5.74, 6) is 0.788. The minimum absolute atomic E-state index is 0. The first-order chi connectivity index (χ1) is 9.19. The number of hydrogen-bond acceptors (Lipinski definition) is 4. The van der Waals surface area contributed by atoms with Gasteiger partial charge >= 0.3 is 0 Å². The monoisotopic (exact) mass is 334 g/mol. The van der Waals surface area contributed by atoms with Gasteiger partial charge in [0.1, 0.15) is 12.0 Å². The van der Waals surface area contributed by atoms with Crippen molar-refractivity contribution in [1.82, 2.24) is 14.9 Å². The van der Waals surface area contributed by atoms with Gasteiger partial charge in [0, 0.05) is 25.5 Å². The molecule has 6 nitrogen and oxygen atoms in total. The summed E-state index contributed by atoms with van der Waals surface area (Å²) in [6.07, 6.45) is 6.84. The van der Waals surface area contributed by atoms with Crippen molar-refractivity contribution in [3.05, 3.63) is 42.4 Å². The van der Waals surface area contributed by atoms with Crippen LogP contribution in [-0.2, 0) is 13.1 Å². The Hall–Kier alpha value is -1.50. The van der Waals surface area contributed by atoms with Crippen molar-refractivity contribution in [2.75, 3.05) is 6.54 Å². The zero-order valence-electron chi connectivity index (χ0n) is 11.7. The van der Waals surface area contributed by atoms with Gasteiger partial charge in [-0.05, 0) is 12.0 Å². The number of nitrogens with two attached hydrogens (primary N) is 1. The van der Waals surface area contributed by atoms with Crippen LogP contribution >= 0.6 is 24.8 Å². The van der Waals surface area contributed by atoms with E-state index in [4.69, 9.17) is 10.2 Å². The van der Waals surface area contributed by atoms with Crippen molar-refractivity contribution in [2.24, 2.45) is 11.7 Å². The summed E-state index contributed by atoms with van der Waals surface area (Å²) in [4.78, 5) is 15.8. The highest BCUT2D eigenvalue weighted by Crippen LogP contribution is 2.07. The van der Waals surface area contributed by atoms with E-state index in [0.717, 1.165) is 6.54 Å². The maximum Gasteiger partial charge on any atom is 0.254 e. The summed E-state index contributed by atoms with van der Waals surface area (Å²) in [7, 11) is 0. The van der Waals surface area contributed by atoms with Crippen LogP contribution in [0.5, 0.6) is 0 Å². The van der Waals surface area contributed by atoms with Gasteiger partial charge in [-0.1, -0.05) is 6.92 Å². The first-order valence-electron chi connectivity index (χ1n) is 6.20. The lowest BCUT2D eigenvalue weighted by Gasteiger charge is -2.12. The van der Waals surface area contributed by atoms with Crippen LogP contribution in [0.2, 0.25) is 0 Å². The summed E-state index contributed by atoms with van der Waals surface area (Å²) in [6.45, 7) is 3.78. The van der Waals surface area contributed by atoms with Crippen LogP contribution in [0, 0.1) is 5.92 Å². The summed E-state index contributed by atoms with van der Waals surface area (Å²) < 4.78 is 7.12. The molecule has 0 radical (unpaired) electrons. The van der Waals surface area contributed by atoms with Gasteiger partial charge in [0.25, 0.3) is 5.91 Å². The van der Waals surface area contributed by atoms with Gasteiger partial charge in [0.15, 0.2) is 0 Å². The standard InChI is InChI=1S/C13H18N4O2.2ClH/c1-10(7-17-3-2-15-9-17)6-16-13(18)11-4-12(5-14)19-8-11;;/h2-4,8-10H,5-7,14H2,1H3,(H,16,18);2*1H. The number of carbonyl (C=O) groups is 1. The van der Waals surface area contributed by atoms with Crippen LogP contribution in [0.3, 0.4) is 0 Å². The van der Waals surface area contributed by atoms with Crippen LogP contribution < -0.4 is 11.1 Å². The fraction of sp³-hybridized carbons (Fsp3) is 0.385. The molecule has 8 heteroatoms. The van der Waals surface area contributed by atoms with Gasteiger partial charge < -0.3 is 20.0 Å². The Morgan fingerprint density at radius 2 is 2.29 bits per heavy atom. The highest BCUT2D eigenvalue weighted by molar-refractivity contribution is 5.93. The second-order valence-electron chi connectivity index (χ2n) is 4.58. The van der Waals surface area contributed by atoms with E-state index in [0.29, 0.717) is 30.3 Å². The number of carbonyl (C=O) groups excluding carboxylic acids is 1. The van der Waals surface area contributed by atoms with Gasteiger partial charge in [-0.15, -0.1) is 24.8 Å². The smallest absolute Gasteiger partial charge is 0.254 e. The van der Waals surface area contributed by atoms with Gasteiger partial charge in [-0.2, -0.15) is 0 Å². The molecule has 0 aromatic carbocycles. The average Bonchev–Trinajstić information content (AvgIpc) is 3.06. The lowest BCUT2D eigenvalue weighted by atomic mass is 10.1. The van der Waals surface area contributed by atoms with Crippen molar-refractivity contribution >= 4 is 30.7 Å². The van der Waals surface area contributed by atoms with Crippen LogP contribution in [0.1, 0.15) is 23.0 Å². The Morgan fingerprint density at radius 3 is 2.86 bits per heavy atom. The molecule has 0 spiro atoms. The third-order valence-corrected chi connectivity index (χ3v) is 2.81. The molecule has 2 rings (SSSR count). The van der Waals surface area contributed by atoms with Crippen molar-refractivity contribution in [3.8, 4) is 0 Å². The van der Waals surface area contributed by atoms with Crippen molar-refractivity contribution in [1.29, 1.82) is 0 Å². The van der Waals surface area contributed by atoms with Crippen LogP contribution in [0.4, 0.5) is 0 Å². The van der Waals surface area contributed by atoms with Crippen LogP contribution in [0.25, 0.3) is 0 Å². The second-order valence-corrected chi connectivity index (χ2v) is 4.58. The van der Waals surface area contributed by atoms with Gasteiger partial charge in [0.05, 0.1) is 18.4 Å². The zero-order chi connectivity index (χ0) is 13.7. The van der Waals surface area contributed by atoms with E-state index < -0.39 is 0 Å². The fourth-order valence-corrected chi connectivity index (χ4v) is 1.79. The van der Waals surface area contributed by atoms with Crippen molar-refractivity contribution in [2.45, 2.75) is 20.0 Å². The number of furan rings is 1. The third-order valence-electron chi connectivity index (χ3n) is 2.81. The zero-order valence-corrected chi connectivity index (χ0v) is 13.3. The first kappa shape index (κ1) is 19.5. The summed E-state index contributed by atoms with van der Waals surface area (Å²) in [5, 5.41) is 2.88. The van der Waals surface area contributed by atoms with E-state index >= 15 is 0 Å². The molecule has 0 aliphatic carbocycles. The molecule has 0 aliphatic rings. The Bertz CT molecular complexity index is 528. The van der Waals surface area contributed by atoms with E-state index in [-0.39, 0.29) is 30.7 Å². The maximum atomic E-state index is 11.8. The van der Waals surface area contributed by atoms with E-state index in [1.807, 2.05) is 10.8 Å². The van der Waals surface area contributed by atoms with Crippen molar-refractivity contribution < 1.29 is 9.21 Å². The normalized spacial score (nSPS) is 11.1. The Morgan fingerprint density at radius 1 is 1.52 bits per heavy atom. The molecular formula is C13H20Cl2N4O2. The van der Waals surface area contributed by atoms with E-state index in [1.54, 1.807) is 18.6 Å². The first-order valence-corrected chi connectivity index (χ1v) is 6.20. The average molecular weight is 335 g/mol. The Kier molecular flexibility index (Phi) is 8.76. The van der Waals surface area contributed by atoms with Gasteiger partial charge in [-0.3, -0.25) is 4.79 Å². The topological polar surface area (TPSA) is 86.1 Å². The molecule has 0 aliphatic heterocycles. The lowest BCUT2D eigenvalue weighted by Crippen LogP contribution is -2.29. The molecule has 0 saturated carbocycles. The fourth-order valence-electron chi connectivity index (χ4n) is 1.79. The molecule has 2 heterocycles. The molecule has 0 saturated heterocycles. The minimum Gasteiger partial charge on any atom is -0.467 e. The molecular weight excluding hydrogens is 315 g/mol. The number of nitrogens with zero attached hydrogens (tertiary/aromatic N) is 2. The number of halogens is 2. The third kappa shape index (κ3) is 5.79. The molecule has 118 valence electrons. The maximum absolute atomic E-state index is 11.8. The molecule has 21 heavy (non-hydrogen) atoms. The van der Waals surface area contributed by atoms with E-state index in [2.05, 4.69) is 17.2 Å². The summed E-state index contributed by atoms with van der Waals surface area (Å²) in [5.41, 5.74) is 5.94. The summed E-state index contributed by atoms with van der Waals surface area (Å²) in [6, 6.07) is 1.66. The van der Waals surface area contributed by atoms with Crippen LogP contribution in [-0.4, -0.2) is 22.0 Å². The lowest BCUT2D eigenvalue weighted by molar-refractivity contribution is 0.0946. The summed E-state index contributed by atoms with van der Waals surface area (Å²) >= 11 is 0. The molecule has 1 unspecified atom stereocenters. The number of amides is 1. The quantitative estimate of drug-likeness (QED) is 0.843. The number of hydrogen-bond donors (Lipinski definition) is 2. The van der Waals surface area contributed by atoms with Gasteiger partial charge in [0.2, 0.25) is 0 Å². The number of rotatable bonds is 6. The molecule has 2 aromatic rings. The Balaban J connectivity index is 0.00000200. The molecule has 0 fully saturated rings. The highest BCUT2D eigenvalue weighted by Gasteiger charge is 2.11. The molecule has 1 atom stereocenters. The predicted octanol–water partition coefficient (Wildman–Crippen LogP) is 1.84. The molecule has 0 bridgehead atoms. The van der Waals surface area contributed by atoms with Crippen LogP contribution in [0.15, 0.2) is 35.5 Å². The second kappa shape index (κ2) is 9.44. The largest absolute Gasteiger partial charge is 0.467 e. The minimum atomic E-state index is -0.138. The highest BCUT2D eigenvalue weighted by atomic mass is 35.5. The molecule has 3 N–H and O–H groups in total. The number of aromatic nitrogens is 2. The van der Waals surface area contributed by atoms with Gasteiger partial charge in [-0.25, -0.2) is 4.98 Å².